The van der Waals surface area contributed by atoms with Gasteiger partial charge in [0.2, 0.25) is 5.91 Å². The number of hydrogen-bond donors (Lipinski definition) is 2. The Bertz CT molecular complexity index is 1120. The van der Waals surface area contributed by atoms with E-state index in [1.807, 2.05) is 48.5 Å². The van der Waals surface area contributed by atoms with E-state index in [4.69, 9.17) is 32.7 Å². The highest BCUT2D eigenvalue weighted by atomic mass is 35.5. The second kappa shape index (κ2) is 10.2. The molecular formula is C24H25Cl2N3O4. The number of nitrogens with zero attached hydrogens (tertiary/aromatic N) is 2. The molecule has 4 rings (SSSR count). The summed E-state index contributed by atoms with van der Waals surface area (Å²) >= 11 is 12.3. The molecule has 1 amide bonds. The second-order valence-corrected chi connectivity index (χ2v) is 8.82. The van der Waals surface area contributed by atoms with E-state index in [2.05, 4.69) is 17.2 Å². The number of rotatable bonds is 6. The van der Waals surface area contributed by atoms with Gasteiger partial charge < -0.3 is 24.5 Å². The summed E-state index contributed by atoms with van der Waals surface area (Å²) in [5.41, 5.74) is 3.25. The number of aliphatic hydroxyl groups excluding tert-OH is 1. The minimum absolute atomic E-state index is 0.0223. The van der Waals surface area contributed by atoms with Crippen molar-refractivity contribution < 1.29 is 19.4 Å². The molecule has 0 bridgehead atoms. The largest absolute Gasteiger partial charge is 0.392 e. The van der Waals surface area contributed by atoms with Gasteiger partial charge in [-0.15, -0.1) is 0 Å². The molecule has 1 saturated heterocycles. The van der Waals surface area contributed by atoms with Crippen LogP contribution in [0.15, 0.2) is 54.9 Å². The van der Waals surface area contributed by atoms with Crippen molar-refractivity contribution in [3.63, 3.8) is 0 Å². The zero-order chi connectivity index (χ0) is 23.5. The first-order valence-electron chi connectivity index (χ1n) is 10.6. The summed E-state index contributed by atoms with van der Waals surface area (Å²) in [5, 5.41) is 12.8. The van der Waals surface area contributed by atoms with Gasteiger partial charge in [0.25, 0.3) is 0 Å². The first-order valence-corrected chi connectivity index (χ1v) is 11.4. The number of carbonyl (C=O) groups is 1. The smallest absolute Gasteiger partial charge is 0.221 e. The molecule has 0 saturated carbocycles. The molecule has 174 valence electrons. The molecule has 2 N–H and O–H groups in total. The van der Waals surface area contributed by atoms with Gasteiger partial charge >= 0.3 is 0 Å². The fourth-order valence-electron chi connectivity index (χ4n) is 3.96. The molecule has 0 unspecified atom stereocenters. The molecule has 7 nitrogen and oxygen atoms in total. The topological polar surface area (TPSA) is 85.6 Å². The molecule has 0 aliphatic carbocycles. The highest BCUT2D eigenvalue weighted by molar-refractivity contribution is 6.40. The van der Waals surface area contributed by atoms with Crippen molar-refractivity contribution in [2.75, 3.05) is 5.32 Å². The van der Waals surface area contributed by atoms with E-state index in [-0.39, 0.29) is 35.8 Å². The molecule has 3 aromatic rings. The molecule has 0 spiro atoms. The number of aliphatic hydroxyl groups is 1. The molecule has 33 heavy (non-hydrogen) atoms. The van der Waals surface area contributed by atoms with Crippen molar-refractivity contribution in [2.24, 2.45) is 5.92 Å². The number of anilines is 1. The lowest BCUT2D eigenvalue weighted by Crippen LogP contribution is -2.39. The Morgan fingerprint density at radius 1 is 1.15 bits per heavy atom. The molecular weight excluding hydrogens is 465 g/mol. The van der Waals surface area contributed by atoms with Gasteiger partial charge in [-0.3, -0.25) is 4.79 Å². The van der Waals surface area contributed by atoms with Crippen LogP contribution in [0.5, 0.6) is 0 Å². The third-order valence-corrected chi connectivity index (χ3v) is 6.48. The normalized spacial score (nSPS) is 22.8. The molecule has 1 aliphatic rings. The Kier molecular flexibility index (Phi) is 7.36. The van der Waals surface area contributed by atoms with Crippen LogP contribution in [0.1, 0.15) is 42.9 Å². The summed E-state index contributed by atoms with van der Waals surface area (Å²) in [6.07, 6.45) is 0.385. The zero-order valence-electron chi connectivity index (χ0n) is 18.2. The highest BCUT2D eigenvalue weighted by Crippen LogP contribution is 2.42. The number of aromatic nitrogens is 2. The molecule has 1 fully saturated rings. The average molecular weight is 490 g/mol. The van der Waals surface area contributed by atoms with Crippen LogP contribution in [0.4, 0.5) is 5.69 Å². The minimum atomic E-state index is -0.666. The fourth-order valence-corrected chi connectivity index (χ4v) is 4.27. The van der Waals surface area contributed by atoms with Crippen molar-refractivity contribution in [3.05, 3.63) is 81.9 Å². The number of hydrogen-bond acceptors (Lipinski definition) is 5. The lowest BCUT2D eigenvalue weighted by atomic mass is 9.90. The van der Waals surface area contributed by atoms with E-state index in [0.717, 1.165) is 16.7 Å². The number of nitrogens with one attached hydrogen (secondary N) is 1. The first-order chi connectivity index (χ1) is 15.9. The quantitative estimate of drug-likeness (QED) is 0.500. The lowest BCUT2D eigenvalue weighted by molar-refractivity contribution is -0.276. The summed E-state index contributed by atoms with van der Waals surface area (Å²) in [6, 6.07) is 15.1. The SMILES string of the molecule is CC(=O)Nc1cccc([C@@H]2O[C@H](Cn3cnc(Cl)c3Cl)[C@H](C)[C@H](c3ccc(CO)cc3)O2)c1. The van der Waals surface area contributed by atoms with Crippen LogP contribution in [-0.4, -0.2) is 26.7 Å². The van der Waals surface area contributed by atoms with Crippen LogP contribution >= 0.6 is 23.2 Å². The Morgan fingerprint density at radius 2 is 1.91 bits per heavy atom. The predicted octanol–water partition coefficient (Wildman–Crippen LogP) is 5.13. The second-order valence-electron chi connectivity index (χ2n) is 8.11. The van der Waals surface area contributed by atoms with E-state index in [0.29, 0.717) is 17.4 Å². The molecule has 1 aromatic heterocycles. The van der Waals surface area contributed by atoms with Gasteiger partial charge in [-0.2, -0.15) is 0 Å². The number of imidazole rings is 1. The van der Waals surface area contributed by atoms with Gasteiger partial charge in [-0.1, -0.05) is 66.5 Å². The fraction of sp³-hybridized carbons (Fsp3) is 0.333. The van der Waals surface area contributed by atoms with E-state index in [1.54, 1.807) is 10.9 Å². The zero-order valence-corrected chi connectivity index (χ0v) is 19.8. The van der Waals surface area contributed by atoms with Gasteiger partial charge in [0.05, 0.1) is 31.7 Å². The van der Waals surface area contributed by atoms with Crippen molar-refractivity contribution in [1.82, 2.24) is 9.55 Å². The number of amides is 1. The van der Waals surface area contributed by atoms with Crippen LogP contribution in [0, 0.1) is 5.92 Å². The molecule has 4 atom stereocenters. The summed E-state index contributed by atoms with van der Waals surface area (Å²) in [6.45, 7) is 3.94. The summed E-state index contributed by atoms with van der Waals surface area (Å²) < 4.78 is 14.6. The molecule has 1 aliphatic heterocycles. The van der Waals surface area contributed by atoms with E-state index >= 15 is 0 Å². The van der Waals surface area contributed by atoms with Gasteiger partial charge in [0.1, 0.15) is 5.15 Å². The Labute approximate surface area is 202 Å². The van der Waals surface area contributed by atoms with Gasteiger partial charge in [-0.05, 0) is 23.3 Å². The van der Waals surface area contributed by atoms with Gasteiger partial charge in [0.15, 0.2) is 11.4 Å². The van der Waals surface area contributed by atoms with E-state index in [1.165, 1.54) is 6.92 Å². The van der Waals surface area contributed by atoms with Crippen molar-refractivity contribution in [2.45, 2.75) is 45.5 Å². The molecule has 0 radical (unpaired) electrons. The third kappa shape index (κ3) is 5.39. The minimum Gasteiger partial charge on any atom is -0.392 e. The monoisotopic (exact) mass is 489 g/mol. The average Bonchev–Trinajstić information content (AvgIpc) is 3.12. The van der Waals surface area contributed by atoms with Crippen LogP contribution in [0.3, 0.4) is 0 Å². The van der Waals surface area contributed by atoms with Crippen LogP contribution in [0.2, 0.25) is 10.3 Å². The van der Waals surface area contributed by atoms with Crippen molar-refractivity contribution in [1.29, 1.82) is 0 Å². The maximum atomic E-state index is 11.5. The highest BCUT2D eigenvalue weighted by Gasteiger charge is 2.39. The van der Waals surface area contributed by atoms with E-state index in [9.17, 15) is 9.90 Å². The number of halogens is 2. The lowest BCUT2D eigenvalue weighted by Gasteiger charge is -2.41. The summed E-state index contributed by atoms with van der Waals surface area (Å²) in [5.74, 6) is -0.186. The van der Waals surface area contributed by atoms with Crippen LogP contribution < -0.4 is 5.32 Å². The summed E-state index contributed by atoms with van der Waals surface area (Å²) in [7, 11) is 0. The molecule has 2 heterocycles. The Morgan fingerprint density at radius 3 is 2.55 bits per heavy atom. The maximum absolute atomic E-state index is 11.5. The van der Waals surface area contributed by atoms with Gasteiger partial charge in [-0.25, -0.2) is 4.98 Å². The molecule has 2 aromatic carbocycles. The first kappa shape index (κ1) is 23.7. The van der Waals surface area contributed by atoms with Crippen molar-refractivity contribution in [3.8, 4) is 0 Å². The molecule has 9 heteroatoms. The number of benzene rings is 2. The Balaban J connectivity index is 1.66. The van der Waals surface area contributed by atoms with Crippen LogP contribution in [0.25, 0.3) is 0 Å². The maximum Gasteiger partial charge on any atom is 0.221 e. The van der Waals surface area contributed by atoms with Crippen molar-refractivity contribution >= 4 is 34.8 Å². The summed E-state index contributed by atoms with van der Waals surface area (Å²) in [4.78, 5) is 15.6. The standard InChI is InChI=1S/C24H25Cl2N3O4/c1-14-20(11-29-13-27-22(25)23(29)26)32-24(18-4-3-5-19(10-18)28-15(2)31)33-21(14)17-8-6-16(12-30)7-9-17/h3-10,13-14,20-21,24,30H,11-12H2,1-2H3,(H,28,31)/t14-,20+,21+,24+/m0/s1. The van der Waals surface area contributed by atoms with E-state index < -0.39 is 6.29 Å². The predicted molar refractivity (Wildman–Crippen MR) is 126 cm³/mol. The van der Waals surface area contributed by atoms with Gasteiger partial charge in [0, 0.05) is 24.1 Å². The number of ether oxygens (including phenoxy) is 2. The Hall–Kier alpha value is -2.42. The van der Waals surface area contributed by atoms with Crippen LogP contribution in [-0.2, 0) is 27.4 Å². The third-order valence-electron chi connectivity index (χ3n) is 5.71. The number of carbonyl (C=O) groups excluding carboxylic acids is 1.